The second-order valence-electron chi connectivity index (χ2n) is 9.58. The Bertz CT molecular complexity index is 1190. The van der Waals surface area contributed by atoms with Crippen molar-refractivity contribution in [2.24, 2.45) is 4.99 Å². The summed E-state index contributed by atoms with van der Waals surface area (Å²) in [5.41, 5.74) is 1.24. The predicted octanol–water partition coefficient (Wildman–Crippen LogP) is 2.59. The number of amidine groups is 1. The number of hydrogen-bond donors (Lipinski definition) is 1. The molecule has 0 bridgehead atoms. The molecule has 2 aromatic rings. The molecule has 0 spiro atoms. The zero-order valence-electron chi connectivity index (χ0n) is 20.3. The fourth-order valence-corrected chi connectivity index (χ4v) is 4.92. The number of piperazine rings is 1. The molecule has 0 aliphatic carbocycles. The van der Waals surface area contributed by atoms with Gasteiger partial charge >= 0.3 is 11.7 Å². The fourth-order valence-electron chi connectivity index (χ4n) is 4.72. The first-order chi connectivity index (χ1) is 16.7. The zero-order valence-corrected chi connectivity index (χ0v) is 21.1. The molecule has 1 aromatic carbocycles. The summed E-state index contributed by atoms with van der Waals surface area (Å²) in [6, 6.07) is 12.8. The van der Waals surface area contributed by atoms with E-state index in [2.05, 4.69) is 9.98 Å². The third-order valence-corrected chi connectivity index (χ3v) is 6.76. The van der Waals surface area contributed by atoms with Gasteiger partial charge in [0.15, 0.2) is 0 Å². The number of halogens is 1. The Morgan fingerprint density at radius 2 is 1.94 bits per heavy atom. The molecule has 2 aliphatic heterocycles. The van der Waals surface area contributed by atoms with E-state index < -0.39 is 5.54 Å². The zero-order chi connectivity index (χ0) is 25.2. The Morgan fingerprint density at radius 3 is 2.66 bits per heavy atom. The van der Waals surface area contributed by atoms with Crippen molar-refractivity contribution < 1.29 is 19.3 Å². The fraction of sp³-hybridized carbons (Fsp3) is 0.423. The molecule has 9 heteroatoms. The summed E-state index contributed by atoms with van der Waals surface area (Å²) in [4.78, 5) is 39.1. The van der Waals surface area contributed by atoms with Crippen LogP contribution in [0, 0.1) is 0 Å². The van der Waals surface area contributed by atoms with Gasteiger partial charge in [0.2, 0.25) is 0 Å². The van der Waals surface area contributed by atoms with Crippen molar-refractivity contribution in [2.75, 3.05) is 33.2 Å². The standard InChI is InChI=1S/C26H31ClN5O3/c1-26(2)17-31(24(34)22-9-5-8-21(16-33)29-22)12-13-32(26)25(35)23-28-11-10-19(15-30(23)3)18-6-4-7-20(27)14-18/h4-9,14-15,19,33H,10-13,16-17H2,1-3H3/q+1. The number of hydrogen-bond acceptors (Lipinski definition) is 5. The quantitative estimate of drug-likeness (QED) is 0.659. The smallest absolute Gasteiger partial charge is 0.383 e. The highest BCUT2D eigenvalue weighted by Gasteiger charge is 2.43. The van der Waals surface area contributed by atoms with Crippen LogP contribution < -0.4 is 0 Å². The Hall–Kier alpha value is -3.10. The van der Waals surface area contributed by atoms with Crippen molar-refractivity contribution in [3.05, 3.63) is 64.4 Å². The maximum atomic E-state index is 13.6. The molecule has 2 amide bonds. The van der Waals surface area contributed by atoms with E-state index in [1.807, 2.05) is 56.0 Å². The molecule has 35 heavy (non-hydrogen) atoms. The minimum Gasteiger partial charge on any atom is -0.390 e. The van der Waals surface area contributed by atoms with E-state index in [1.54, 1.807) is 28.0 Å². The molecule has 0 radical (unpaired) electrons. The number of amides is 2. The number of carbonyl (C=O) groups is 2. The summed E-state index contributed by atoms with van der Waals surface area (Å²) in [5.74, 6) is 0.159. The first-order valence-electron chi connectivity index (χ1n) is 11.8. The molecule has 4 rings (SSSR count). The third-order valence-electron chi connectivity index (χ3n) is 6.53. The molecule has 1 aromatic heterocycles. The molecule has 1 fully saturated rings. The van der Waals surface area contributed by atoms with Gasteiger partial charge in [0, 0.05) is 37.0 Å². The molecule has 2 aliphatic rings. The second-order valence-corrected chi connectivity index (χ2v) is 10.0. The first kappa shape index (κ1) is 25.0. The maximum absolute atomic E-state index is 13.6. The van der Waals surface area contributed by atoms with E-state index in [9.17, 15) is 14.7 Å². The number of pyridine rings is 1. The number of aliphatic hydroxyl groups excluding tert-OH is 1. The normalized spacial score (nSPS) is 20.1. The highest BCUT2D eigenvalue weighted by atomic mass is 35.5. The summed E-state index contributed by atoms with van der Waals surface area (Å²) in [7, 11) is 1.85. The van der Waals surface area contributed by atoms with Gasteiger partial charge in [-0.05, 0) is 43.7 Å². The summed E-state index contributed by atoms with van der Waals surface area (Å²) < 4.78 is 1.82. The average Bonchev–Trinajstić information content (AvgIpc) is 3.04. The van der Waals surface area contributed by atoms with Crippen LogP contribution in [-0.2, 0) is 11.4 Å². The van der Waals surface area contributed by atoms with Crippen LogP contribution in [0.25, 0.3) is 0 Å². The number of carbonyl (C=O) groups excluding carboxylic acids is 2. The van der Waals surface area contributed by atoms with Crippen LogP contribution >= 0.6 is 11.6 Å². The van der Waals surface area contributed by atoms with Gasteiger partial charge in [-0.15, -0.1) is 0 Å². The number of aliphatic hydroxyl groups is 1. The summed E-state index contributed by atoms with van der Waals surface area (Å²) in [5, 5.41) is 10.0. The van der Waals surface area contributed by atoms with Gasteiger partial charge in [0.25, 0.3) is 5.91 Å². The van der Waals surface area contributed by atoms with E-state index in [4.69, 9.17) is 11.6 Å². The highest BCUT2D eigenvalue weighted by Crippen LogP contribution is 2.25. The van der Waals surface area contributed by atoms with Gasteiger partial charge in [0.1, 0.15) is 12.2 Å². The lowest BCUT2D eigenvalue weighted by molar-refractivity contribution is -0.366. The Kier molecular flexibility index (Phi) is 7.33. The molecular formula is C26H31ClN5O3+. The van der Waals surface area contributed by atoms with Crippen LogP contribution in [0.2, 0.25) is 5.02 Å². The second kappa shape index (κ2) is 10.3. The molecule has 3 heterocycles. The van der Waals surface area contributed by atoms with Gasteiger partial charge in [-0.25, -0.2) is 9.56 Å². The van der Waals surface area contributed by atoms with Gasteiger partial charge < -0.3 is 14.9 Å². The lowest BCUT2D eigenvalue weighted by Gasteiger charge is -2.46. The van der Waals surface area contributed by atoms with E-state index in [1.165, 1.54) is 0 Å². The van der Waals surface area contributed by atoms with Crippen molar-refractivity contribution in [1.82, 2.24) is 14.8 Å². The molecule has 184 valence electrons. The maximum Gasteiger partial charge on any atom is 0.383 e. The van der Waals surface area contributed by atoms with Crippen molar-refractivity contribution in [3.63, 3.8) is 0 Å². The lowest BCUT2D eigenvalue weighted by atomic mass is 9.97. The van der Waals surface area contributed by atoms with Gasteiger partial charge in [0.05, 0.1) is 31.1 Å². The van der Waals surface area contributed by atoms with E-state index in [-0.39, 0.29) is 24.3 Å². The summed E-state index contributed by atoms with van der Waals surface area (Å²) >= 11 is 6.18. The number of aromatic nitrogens is 1. The van der Waals surface area contributed by atoms with Crippen molar-refractivity contribution >= 4 is 35.5 Å². The van der Waals surface area contributed by atoms with E-state index >= 15 is 0 Å². The average molecular weight is 497 g/mol. The van der Waals surface area contributed by atoms with Gasteiger partial charge in [-0.1, -0.05) is 34.8 Å². The van der Waals surface area contributed by atoms with Crippen molar-refractivity contribution in [2.45, 2.75) is 38.3 Å². The first-order valence-corrected chi connectivity index (χ1v) is 12.1. The van der Waals surface area contributed by atoms with E-state index in [0.29, 0.717) is 48.4 Å². The topological polar surface area (TPSA) is 89.1 Å². The molecule has 1 atom stereocenters. The Morgan fingerprint density at radius 1 is 1.17 bits per heavy atom. The van der Waals surface area contributed by atoms with Crippen LogP contribution in [0.15, 0.2) is 47.5 Å². The Labute approximate surface area is 210 Å². The molecule has 0 saturated carbocycles. The summed E-state index contributed by atoms with van der Waals surface area (Å²) in [6.45, 7) is 5.38. The molecule has 1 N–H and O–H groups in total. The summed E-state index contributed by atoms with van der Waals surface area (Å²) in [6.07, 6.45) is 2.81. The van der Waals surface area contributed by atoms with Crippen LogP contribution in [0.4, 0.5) is 0 Å². The van der Waals surface area contributed by atoms with Crippen LogP contribution in [0.3, 0.4) is 0 Å². The van der Waals surface area contributed by atoms with Gasteiger partial charge in [-0.3, -0.25) is 9.59 Å². The van der Waals surface area contributed by atoms with Crippen LogP contribution in [0.5, 0.6) is 0 Å². The number of likely N-dealkylation sites (N-methyl/N-ethyl adjacent to an activating group) is 1. The molecule has 8 nitrogen and oxygen atoms in total. The van der Waals surface area contributed by atoms with Gasteiger partial charge in [-0.2, -0.15) is 0 Å². The Balaban J connectivity index is 1.49. The predicted molar refractivity (Wildman–Crippen MR) is 135 cm³/mol. The third kappa shape index (κ3) is 5.44. The number of rotatable bonds is 4. The number of benzene rings is 1. The number of aliphatic imine (C=N–C) groups is 1. The molecule has 1 saturated heterocycles. The number of nitrogens with zero attached hydrogens (tertiary/aromatic N) is 5. The molecular weight excluding hydrogens is 466 g/mol. The SMILES string of the molecule is C[N+]1=CC(c2cccc(Cl)c2)CCN=C1C(=O)N1CCN(C(=O)c2cccc(CO)n2)CC1(C)C. The molecule has 1 unspecified atom stereocenters. The van der Waals surface area contributed by atoms with Crippen molar-refractivity contribution in [3.8, 4) is 0 Å². The lowest BCUT2D eigenvalue weighted by Crippen LogP contribution is -2.63. The van der Waals surface area contributed by atoms with E-state index in [0.717, 1.165) is 12.0 Å². The minimum atomic E-state index is -0.596. The minimum absolute atomic E-state index is 0.109. The van der Waals surface area contributed by atoms with Crippen molar-refractivity contribution in [1.29, 1.82) is 0 Å². The van der Waals surface area contributed by atoms with Crippen LogP contribution in [-0.4, -0.2) is 87.1 Å². The largest absolute Gasteiger partial charge is 0.390 e. The highest BCUT2D eigenvalue weighted by molar-refractivity contribution is 6.34. The van der Waals surface area contributed by atoms with Crippen LogP contribution in [0.1, 0.15) is 47.9 Å². The monoisotopic (exact) mass is 496 g/mol.